The van der Waals surface area contributed by atoms with Crippen LogP contribution in [0.2, 0.25) is 0 Å². The van der Waals surface area contributed by atoms with Crippen LogP contribution < -0.4 is 16.3 Å². The zero-order chi connectivity index (χ0) is 18.5. The van der Waals surface area contributed by atoms with E-state index in [2.05, 4.69) is 10.6 Å². The van der Waals surface area contributed by atoms with Crippen molar-refractivity contribution in [1.29, 1.82) is 0 Å². The summed E-state index contributed by atoms with van der Waals surface area (Å²) in [6.45, 7) is 3.65. The second-order valence-corrected chi connectivity index (χ2v) is 6.73. The number of carbonyl (C=O) groups is 2. The molecule has 2 amide bonds. The summed E-state index contributed by atoms with van der Waals surface area (Å²) in [4.78, 5) is 37.0. The predicted molar refractivity (Wildman–Crippen MR) is 99.9 cm³/mol. The molecule has 1 aliphatic heterocycles. The van der Waals surface area contributed by atoms with Gasteiger partial charge >= 0.3 is 5.69 Å². The highest BCUT2D eigenvalue weighted by Crippen LogP contribution is 2.14. The Bertz CT molecular complexity index is 852. The molecular formula is C19H26N4O3. The van der Waals surface area contributed by atoms with Crippen LogP contribution in [0, 0.1) is 0 Å². The van der Waals surface area contributed by atoms with Crippen molar-refractivity contribution in [2.45, 2.75) is 58.2 Å². The Kier molecular flexibility index (Phi) is 5.75. The molecular weight excluding hydrogens is 332 g/mol. The van der Waals surface area contributed by atoms with Gasteiger partial charge in [0.25, 0.3) is 0 Å². The molecule has 0 saturated carbocycles. The van der Waals surface area contributed by atoms with E-state index in [0.29, 0.717) is 26.1 Å². The number of rotatable bonds is 6. The van der Waals surface area contributed by atoms with Crippen LogP contribution in [0.3, 0.4) is 0 Å². The Balaban J connectivity index is 1.71. The van der Waals surface area contributed by atoms with Crippen LogP contribution in [0.1, 0.15) is 39.0 Å². The Morgan fingerprint density at radius 1 is 1.15 bits per heavy atom. The molecule has 7 heteroatoms. The summed E-state index contributed by atoms with van der Waals surface area (Å²) in [6, 6.07) is 7.17. The summed E-state index contributed by atoms with van der Waals surface area (Å²) in [7, 11) is 0. The number of nitrogens with zero attached hydrogens (tertiary/aromatic N) is 2. The van der Waals surface area contributed by atoms with Crippen molar-refractivity contribution in [2.24, 2.45) is 0 Å². The summed E-state index contributed by atoms with van der Waals surface area (Å²) >= 11 is 0. The van der Waals surface area contributed by atoms with Crippen molar-refractivity contribution >= 4 is 22.8 Å². The van der Waals surface area contributed by atoms with Crippen LogP contribution in [0.4, 0.5) is 0 Å². The molecule has 1 unspecified atom stereocenters. The molecule has 2 heterocycles. The van der Waals surface area contributed by atoms with Gasteiger partial charge in [-0.1, -0.05) is 19.1 Å². The maximum atomic E-state index is 12.7. The van der Waals surface area contributed by atoms with E-state index in [1.54, 1.807) is 9.13 Å². The standard InChI is InChI=1S/C19H26N4O3/c1-2-12-22-15-8-3-4-9-16(15)23(19(22)26)13-10-17(24)21-14-7-5-6-11-20-18(14)25/h3-4,8-9,14H,2,5-7,10-13H2,1H3,(H,20,25)(H,21,24). The predicted octanol–water partition coefficient (Wildman–Crippen LogP) is 1.39. The molecule has 3 rings (SSSR count). The fourth-order valence-corrected chi connectivity index (χ4v) is 3.49. The number of fused-ring (bicyclic) bond motifs is 1. The molecule has 1 aliphatic rings. The first-order valence-electron chi connectivity index (χ1n) is 9.37. The Morgan fingerprint density at radius 2 is 1.85 bits per heavy atom. The average Bonchev–Trinajstić information content (AvgIpc) is 2.76. The monoisotopic (exact) mass is 358 g/mol. The first-order chi connectivity index (χ1) is 12.6. The average molecular weight is 358 g/mol. The summed E-state index contributed by atoms with van der Waals surface area (Å²) in [5, 5.41) is 5.62. The van der Waals surface area contributed by atoms with E-state index >= 15 is 0 Å². The fourth-order valence-electron chi connectivity index (χ4n) is 3.49. The van der Waals surface area contributed by atoms with Crippen molar-refractivity contribution < 1.29 is 9.59 Å². The van der Waals surface area contributed by atoms with Crippen LogP contribution >= 0.6 is 0 Å². The van der Waals surface area contributed by atoms with Crippen molar-refractivity contribution in [1.82, 2.24) is 19.8 Å². The lowest BCUT2D eigenvalue weighted by Crippen LogP contribution is -2.45. The maximum absolute atomic E-state index is 12.7. The van der Waals surface area contributed by atoms with Gasteiger partial charge in [-0.25, -0.2) is 4.79 Å². The fraction of sp³-hybridized carbons (Fsp3) is 0.526. The molecule has 7 nitrogen and oxygen atoms in total. The number of carbonyl (C=O) groups excluding carboxylic acids is 2. The second kappa shape index (κ2) is 8.21. The number of para-hydroxylation sites is 2. The molecule has 0 spiro atoms. The highest BCUT2D eigenvalue weighted by Gasteiger charge is 2.22. The normalized spacial score (nSPS) is 17.7. The summed E-state index contributed by atoms with van der Waals surface area (Å²) in [5.41, 5.74) is 1.64. The van der Waals surface area contributed by atoms with E-state index < -0.39 is 6.04 Å². The number of aromatic nitrogens is 2. The van der Waals surface area contributed by atoms with Gasteiger partial charge in [0.2, 0.25) is 11.8 Å². The molecule has 0 aliphatic carbocycles. The van der Waals surface area contributed by atoms with E-state index in [1.807, 2.05) is 31.2 Å². The van der Waals surface area contributed by atoms with Gasteiger partial charge in [-0.3, -0.25) is 18.7 Å². The van der Waals surface area contributed by atoms with Crippen LogP contribution in [0.5, 0.6) is 0 Å². The molecule has 1 atom stereocenters. The van der Waals surface area contributed by atoms with Gasteiger partial charge in [-0.05, 0) is 37.8 Å². The van der Waals surface area contributed by atoms with Crippen LogP contribution in [-0.4, -0.2) is 33.5 Å². The third-order valence-corrected chi connectivity index (χ3v) is 4.81. The highest BCUT2D eigenvalue weighted by atomic mass is 16.2. The Labute approximate surface area is 152 Å². The zero-order valence-electron chi connectivity index (χ0n) is 15.2. The number of amides is 2. The largest absolute Gasteiger partial charge is 0.354 e. The van der Waals surface area contributed by atoms with E-state index in [4.69, 9.17) is 0 Å². The molecule has 1 fully saturated rings. The highest BCUT2D eigenvalue weighted by molar-refractivity contribution is 5.87. The van der Waals surface area contributed by atoms with Crippen molar-refractivity contribution in [3.8, 4) is 0 Å². The number of imidazole rings is 1. The van der Waals surface area contributed by atoms with E-state index in [-0.39, 0.29) is 23.9 Å². The molecule has 1 aromatic heterocycles. The van der Waals surface area contributed by atoms with Gasteiger partial charge in [0.05, 0.1) is 11.0 Å². The summed E-state index contributed by atoms with van der Waals surface area (Å²) in [6.07, 6.45) is 3.54. The van der Waals surface area contributed by atoms with Crippen molar-refractivity contribution in [3.05, 3.63) is 34.7 Å². The van der Waals surface area contributed by atoms with Crippen molar-refractivity contribution in [2.75, 3.05) is 6.54 Å². The lowest BCUT2D eigenvalue weighted by Gasteiger charge is -2.15. The quantitative estimate of drug-likeness (QED) is 0.818. The minimum absolute atomic E-state index is 0.0898. The maximum Gasteiger partial charge on any atom is 0.329 e. The van der Waals surface area contributed by atoms with Gasteiger partial charge in [0.1, 0.15) is 6.04 Å². The zero-order valence-corrected chi connectivity index (χ0v) is 15.2. The smallest absolute Gasteiger partial charge is 0.329 e. The molecule has 2 N–H and O–H groups in total. The Hall–Kier alpha value is -2.57. The molecule has 1 saturated heterocycles. The van der Waals surface area contributed by atoms with E-state index in [9.17, 15) is 14.4 Å². The number of hydrogen-bond acceptors (Lipinski definition) is 3. The minimum atomic E-state index is -0.469. The second-order valence-electron chi connectivity index (χ2n) is 6.73. The summed E-state index contributed by atoms with van der Waals surface area (Å²) < 4.78 is 3.41. The van der Waals surface area contributed by atoms with E-state index in [1.165, 1.54) is 0 Å². The van der Waals surface area contributed by atoms with Gasteiger partial charge in [0.15, 0.2) is 0 Å². The number of aryl methyl sites for hydroxylation is 2. The third kappa shape index (κ3) is 3.81. The first-order valence-corrected chi connectivity index (χ1v) is 9.37. The van der Waals surface area contributed by atoms with Gasteiger partial charge < -0.3 is 10.6 Å². The van der Waals surface area contributed by atoms with Crippen LogP contribution in [-0.2, 0) is 22.7 Å². The molecule has 1 aromatic carbocycles. The SMILES string of the molecule is CCCn1c(=O)n(CCC(=O)NC2CCCCNC2=O)c2ccccc21. The molecule has 26 heavy (non-hydrogen) atoms. The number of benzene rings is 1. The lowest BCUT2D eigenvalue weighted by atomic mass is 10.1. The Morgan fingerprint density at radius 3 is 2.54 bits per heavy atom. The summed E-state index contributed by atoms with van der Waals surface area (Å²) in [5.74, 6) is -0.321. The van der Waals surface area contributed by atoms with Crippen molar-refractivity contribution in [3.63, 3.8) is 0 Å². The molecule has 0 radical (unpaired) electrons. The third-order valence-electron chi connectivity index (χ3n) is 4.81. The van der Waals surface area contributed by atoms with Gasteiger partial charge in [0, 0.05) is 26.1 Å². The van der Waals surface area contributed by atoms with Gasteiger partial charge in [-0.2, -0.15) is 0 Å². The number of hydrogen-bond donors (Lipinski definition) is 2. The molecule has 2 aromatic rings. The molecule has 0 bridgehead atoms. The molecule has 140 valence electrons. The van der Waals surface area contributed by atoms with Gasteiger partial charge in [-0.15, -0.1) is 0 Å². The minimum Gasteiger partial charge on any atom is -0.354 e. The van der Waals surface area contributed by atoms with Crippen LogP contribution in [0.25, 0.3) is 11.0 Å². The number of nitrogens with one attached hydrogen (secondary N) is 2. The van der Waals surface area contributed by atoms with Crippen LogP contribution in [0.15, 0.2) is 29.1 Å². The first kappa shape index (κ1) is 18.2. The lowest BCUT2D eigenvalue weighted by molar-refractivity contribution is -0.128. The topological polar surface area (TPSA) is 85.1 Å². The van der Waals surface area contributed by atoms with E-state index in [0.717, 1.165) is 30.3 Å².